The van der Waals surface area contributed by atoms with E-state index in [1.807, 2.05) is 0 Å². The molecule has 0 aromatic rings. The number of ether oxygens (including phenoxy) is 1. The van der Waals surface area contributed by atoms with Crippen LogP contribution in [0.1, 0.15) is 13.8 Å². The largest absolute Gasteiger partial charge is 1.00 e. The molecule has 0 aromatic carbocycles. The zero-order valence-corrected chi connectivity index (χ0v) is 18.7. The van der Waals surface area contributed by atoms with Crippen molar-refractivity contribution in [3.05, 3.63) is 25.3 Å². The van der Waals surface area contributed by atoms with Gasteiger partial charge in [0, 0.05) is 0 Å². The van der Waals surface area contributed by atoms with E-state index < -0.39 is 49.3 Å². The normalized spacial score (nSPS) is 12.7. The number of amides is 1. The van der Waals surface area contributed by atoms with Crippen molar-refractivity contribution in [1.82, 2.24) is 5.32 Å². The van der Waals surface area contributed by atoms with Crippen LogP contribution in [0.5, 0.6) is 0 Å². The van der Waals surface area contributed by atoms with Crippen molar-refractivity contribution in [1.29, 1.82) is 0 Å². The van der Waals surface area contributed by atoms with E-state index in [0.717, 1.165) is 6.08 Å². The summed E-state index contributed by atoms with van der Waals surface area (Å²) in [4.78, 5) is 10.8. The van der Waals surface area contributed by atoms with Crippen molar-refractivity contribution >= 4 is 26.1 Å². The maximum Gasteiger partial charge on any atom is 1.00 e. The van der Waals surface area contributed by atoms with E-state index in [0.29, 0.717) is 0 Å². The van der Waals surface area contributed by atoms with E-state index in [2.05, 4.69) is 18.5 Å². The number of nitrogens with one attached hydrogen (secondary N) is 1. The Morgan fingerprint density at radius 1 is 1.31 bits per heavy atom. The molecule has 0 aliphatic heterocycles. The SMILES string of the molecule is C=CC(=O)NC(C)(C)CS(=O)(=O)O.C=CCOCC(O)CS(=O)(=O)[O-].[Na+]. The third kappa shape index (κ3) is 23.7. The van der Waals surface area contributed by atoms with Crippen molar-refractivity contribution < 1.29 is 70.1 Å². The summed E-state index contributed by atoms with van der Waals surface area (Å²) in [6.45, 7) is 9.58. The summed E-state index contributed by atoms with van der Waals surface area (Å²) in [7, 11) is -8.45. The minimum Gasteiger partial charge on any atom is -0.748 e. The maximum atomic E-state index is 10.8. The molecule has 148 valence electrons. The molecule has 1 amide bonds. The molecule has 3 N–H and O–H groups in total. The molecule has 0 heterocycles. The van der Waals surface area contributed by atoms with Gasteiger partial charge in [-0.15, -0.1) is 6.58 Å². The van der Waals surface area contributed by atoms with Gasteiger partial charge in [0.1, 0.15) is 0 Å². The summed E-state index contributed by atoms with van der Waals surface area (Å²) in [5, 5.41) is 11.2. The van der Waals surface area contributed by atoms with Gasteiger partial charge in [0.25, 0.3) is 10.1 Å². The van der Waals surface area contributed by atoms with E-state index >= 15 is 0 Å². The van der Waals surface area contributed by atoms with Crippen LogP contribution in [0.25, 0.3) is 0 Å². The van der Waals surface area contributed by atoms with Crippen LogP contribution in [0.2, 0.25) is 0 Å². The van der Waals surface area contributed by atoms with Crippen LogP contribution >= 0.6 is 0 Å². The molecule has 0 saturated carbocycles. The smallest absolute Gasteiger partial charge is 0.748 e. The van der Waals surface area contributed by atoms with E-state index in [9.17, 15) is 26.2 Å². The first-order chi connectivity index (χ1) is 11.1. The van der Waals surface area contributed by atoms with Crippen molar-refractivity contribution in [2.45, 2.75) is 25.5 Å². The molecule has 0 aromatic heterocycles. The van der Waals surface area contributed by atoms with Gasteiger partial charge in [0.15, 0.2) is 0 Å². The van der Waals surface area contributed by atoms with Gasteiger partial charge < -0.3 is 19.7 Å². The molecule has 0 spiro atoms. The standard InChI is InChI=1S/C7H13NO4S.C6H12O5S.Na/c1-4-6(9)8-7(2,3)5-13(10,11)12;1-2-3-11-4-6(7)5-12(8,9)10;/h4H,1,5H2,2-3H3,(H,8,9)(H,10,11,12);2,6-7H,1,3-5H2,(H,8,9,10);/q;;+1/p-1. The molecule has 10 nitrogen and oxygen atoms in total. The summed E-state index contributed by atoms with van der Waals surface area (Å²) >= 11 is 0. The number of hydrogen-bond donors (Lipinski definition) is 3. The fourth-order valence-electron chi connectivity index (χ4n) is 1.45. The Morgan fingerprint density at radius 3 is 2.15 bits per heavy atom. The van der Waals surface area contributed by atoms with Gasteiger partial charge in [-0.25, -0.2) is 8.42 Å². The molecule has 0 saturated heterocycles. The summed E-state index contributed by atoms with van der Waals surface area (Å²) in [6, 6.07) is 0. The Labute approximate surface area is 176 Å². The summed E-state index contributed by atoms with van der Waals surface area (Å²) in [5.41, 5.74) is -1.00. The topological polar surface area (TPSA) is 170 Å². The van der Waals surface area contributed by atoms with Crippen LogP contribution < -0.4 is 34.9 Å². The van der Waals surface area contributed by atoms with E-state index in [1.54, 1.807) is 0 Å². The van der Waals surface area contributed by atoms with Crippen molar-refractivity contribution in [2.24, 2.45) is 0 Å². The molecular formula is C13H24NNaO9S2. The quantitative estimate of drug-likeness (QED) is 0.104. The fraction of sp³-hybridized carbons (Fsp3) is 0.615. The Hall–Kier alpha value is -0.310. The molecule has 1 unspecified atom stereocenters. The second kappa shape index (κ2) is 13.8. The number of carbonyl (C=O) groups is 1. The average Bonchev–Trinajstić information content (AvgIpc) is 2.33. The van der Waals surface area contributed by atoms with Crippen LogP contribution in [-0.2, 0) is 29.8 Å². The van der Waals surface area contributed by atoms with Gasteiger partial charge in [-0.3, -0.25) is 9.35 Å². The van der Waals surface area contributed by atoms with Crippen LogP contribution in [0, 0.1) is 0 Å². The minimum atomic E-state index is -4.37. The Morgan fingerprint density at radius 2 is 1.81 bits per heavy atom. The summed E-state index contributed by atoms with van der Waals surface area (Å²) < 4.78 is 64.5. The number of aliphatic hydroxyl groups excluding tert-OH is 1. The Balaban J connectivity index is -0.000000393. The first-order valence-electron chi connectivity index (χ1n) is 6.82. The van der Waals surface area contributed by atoms with Crippen molar-refractivity contribution in [3.8, 4) is 0 Å². The first kappa shape index (κ1) is 30.4. The van der Waals surface area contributed by atoms with Crippen LogP contribution in [0.3, 0.4) is 0 Å². The number of aliphatic hydroxyl groups is 1. The predicted octanol–water partition coefficient (Wildman–Crippen LogP) is -3.95. The predicted molar refractivity (Wildman–Crippen MR) is 90.4 cm³/mol. The van der Waals surface area contributed by atoms with Crippen LogP contribution in [0.15, 0.2) is 25.3 Å². The number of carbonyl (C=O) groups excluding carboxylic acids is 1. The zero-order valence-electron chi connectivity index (χ0n) is 15.0. The van der Waals surface area contributed by atoms with E-state index in [1.165, 1.54) is 19.9 Å². The second-order valence-electron chi connectivity index (χ2n) is 5.51. The van der Waals surface area contributed by atoms with E-state index in [-0.39, 0.29) is 42.8 Å². The molecule has 0 rings (SSSR count). The van der Waals surface area contributed by atoms with E-state index in [4.69, 9.17) is 14.4 Å². The fourth-order valence-corrected chi connectivity index (χ4v) is 3.00. The molecule has 0 radical (unpaired) electrons. The van der Waals surface area contributed by atoms with Crippen LogP contribution in [0.4, 0.5) is 0 Å². The third-order valence-electron chi connectivity index (χ3n) is 2.13. The van der Waals surface area contributed by atoms with Gasteiger partial charge in [0.2, 0.25) is 5.91 Å². The van der Waals surface area contributed by atoms with Gasteiger partial charge in [-0.2, -0.15) is 8.42 Å². The molecule has 0 aliphatic carbocycles. The minimum absolute atomic E-state index is 0. The Bertz CT molecular complexity index is 645. The van der Waals surface area contributed by atoms with Crippen molar-refractivity contribution in [2.75, 3.05) is 24.7 Å². The van der Waals surface area contributed by atoms with Gasteiger partial charge >= 0.3 is 29.6 Å². The average molecular weight is 425 g/mol. The third-order valence-corrected chi connectivity index (χ3v) is 4.01. The van der Waals surface area contributed by atoms with Gasteiger partial charge in [-0.1, -0.05) is 12.7 Å². The molecule has 26 heavy (non-hydrogen) atoms. The Kier molecular flexibility index (Phi) is 16.1. The molecule has 13 heteroatoms. The molecular weight excluding hydrogens is 401 g/mol. The summed E-state index contributed by atoms with van der Waals surface area (Å²) in [6.07, 6.45) is 1.23. The van der Waals surface area contributed by atoms with Gasteiger partial charge in [0.05, 0.1) is 46.5 Å². The second-order valence-corrected chi connectivity index (χ2v) is 8.41. The zero-order chi connectivity index (χ0) is 20.3. The van der Waals surface area contributed by atoms with Crippen LogP contribution in [-0.4, -0.2) is 73.3 Å². The monoisotopic (exact) mass is 425 g/mol. The molecule has 0 aliphatic rings. The molecule has 0 fully saturated rings. The van der Waals surface area contributed by atoms with Crippen molar-refractivity contribution in [3.63, 3.8) is 0 Å². The molecule has 1 atom stereocenters. The summed E-state index contributed by atoms with van der Waals surface area (Å²) in [5.74, 6) is -1.82. The number of hydrogen-bond acceptors (Lipinski definition) is 8. The first-order valence-corrected chi connectivity index (χ1v) is 10.0. The van der Waals surface area contributed by atoms with Gasteiger partial charge in [-0.05, 0) is 19.9 Å². The maximum absolute atomic E-state index is 10.8. The number of rotatable bonds is 10. The molecule has 0 bridgehead atoms.